The third kappa shape index (κ3) is 5.46. The summed E-state index contributed by atoms with van der Waals surface area (Å²) in [6.45, 7) is 8.65. The SMILES string of the molecule is CCC(c1nc2ccccc2c(=O)n1-c1ccc(C)c(C)c1)N(CCc1ccccc1)C(=O)c1ccc(C)cc1. The van der Waals surface area contributed by atoms with Crippen LogP contribution in [0.2, 0.25) is 0 Å². The second-order valence-corrected chi connectivity index (χ2v) is 10.4. The minimum atomic E-state index is -0.420. The molecular formula is C35H35N3O2. The van der Waals surface area contributed by atoms with Crippen LogP contribution in [0.25, 0.3) is 16.6 Å². The van der Waals surface area contributed by atoms with Crippen LogP contribution in [-0.2, 0) is 6.42 Å². The van der Waals surface area contributed by atoms with Crippen molar-refractivity contribution in [3.8, 4) is 5.69 Å². The maximum Gasteiger partial charge on any atom is 0.266 e. The summed E-state index contributed by atoms with van der Waals surface area (Å²) < 4.78 is 1.71. The fourth-order valence-corrected chi connectivity index (χ4v) is 5.19. The Kier molecular flexibility index (Phi) is 7.92. The van der Waals surface area contributed by atoms with E-state index in [1.165, 1.54) is 0 Å². The molecular weight excluding hydrogens is 494 g/mol. The molecule has 0 aliphatic rings. The number of aromatic nitrogens is 2. The van der Waals surface area contributed by atoms with Gasteiger partial charge in [-0.1, -0.05) is 73.2 Å². The number of nitrogens with zero attached hydrogens (tertiary/aromatic N) is 3. The first-order valence-corrected chi connectivity index (χ1v) is 13.9. The molecule has 1 unspecified atom stereocenters. The van der Waals surface area contributed by atoms with Gasteiger partial charge in [0.05, 0.1) is 22.6 Å². The molecule has 40 heavy (non-hydrogen) atoms. The van der Waals surface area contributed by atoms with Crippen LogP contribution in [0.4, 0.5) is 0 Å². The van der Waals surface area contributed by atoms with E-state index in [2.05, 4.69) is 26.0 Å². The second kappa shape index (κ2) is 11.7. The molecule has 0 bridgehead atoms. The van der Waals surface area contributed by atoms with Crippen molar-refractivity contribution in [1.82, 2.24) is 14.5 Å². The number of carbonyl (C=O) groups is 1. The molecule has 0 aliphatic heterocycles. The van der Waals surface area contributed by atoms with Crippen LogP contribution in [0, 0.1) is 20.8 Å². The quantitative estimate of drug-likeness (QED) is 0.215. The zero-order chi connectivity index (χ0) is 28.2. The number of rotatable bonds is 8. The van der Waals surface area contributed by atoms with Crippen molar-refractivity contribution in [1.29, 1.82) is 0 Å². The predicted molar refractivity (Wildman–Crippen MR) is 162 cm³/mol. The van der Waals surface area contributed by atoms with Crippen molar-refractivity contribution in [3.63, 3.8) is 0 Å². The lowest BCUT2D eigenvalue weighted by atomic mass is 10.0. The van der Waals surface area contributed by atoms with E-state index in [9.17, 15) is 9.59 Å². The van der Waals surface area contributed by atoms with Gasteiger partial charge in [0.2, 0.25) is 0 Å². The molecule has 0 saturated carbocycles. The molecule has 0 aliphatic carbocycles. The predicted octanol–water partition coefficient (Wildman–Crippen LogP) is 7.15. The van der Waals surface area contributed by atoms with Gasteiger partial charge in [0.15, 0.2) is 0 Å². The van der Waals surface area contributed by atoms with E-state index in [1.807, 2.05) is 104 Å². The maximum atomic E-state index is 14.2. The highest BCUT2D eigenvalue weighted by molar-refractivity contribution is 5.94. The third-order valence-electron chi connectivity index (χ3n) is 7.65. The highest BCUT2D eigenvalue weighted by atomic mass is 16.2. The molecule has 1 heterocycles. The van der Waals surface area contributed by atoms with Crippen LogP contribution in [0.5, 0.6) is 0 Å². The van der Waals surface area contributed by atoms with Gasteiger partial charge in [-0.05, 0) is 86.7 Å². The van der Waals surface area contributed by atoms with E-state index in [4.69, 9.17) is 4.98 Å². The van der Waals surface area contributed by atoms with E-state index in [1.54, 1.807) is 4.57 Å². The van der Waals surface area contributed by atoms with E-state index in [0.29, 0.717) is 41.7 Å². The summed E-state index contributed by atoms with van der Waals surface area (Å²) >= 11 is 0. The van der Waals surface area contributed by atoms with Crippen molar-refractivity contribution in [2.75, 3.05) is 6.54 Å². The second-order valence-electron chi connectivity index (χ2n) is 10.4. The molecule has 5 aromatic rings. The average Bonchev–Trinajstić information content (AvgIpc) is 2.97. The molecule has 0 saturated heterocycles. The molecule has 0 radical (unpaired) electrons. The lowest BCUT2D eigenvalue weighted by Gasteiger charge is -2.33. The summed E-state index contributed by atoms with van der Waals surface area (Å²) in [6.07, 6.45) is 1.29. The standard InChI is InChI=1S/C35H35N3O2/c1-5-32(37(22-21-27-11-7-6-8-12-27)34(39)28-18-15-24(2)16-19-28)33-36-31-14-10-9-13-30(31)35(40)38(33)29-20-17-25(3)26(4)23-29/h6-20,23,32H,5,21-22H2,1-4H3. The first-order valence-electron chi connectivity index (χ1n) is 13.9. The van der Waals surface area contributed by atoms with E-state index < -0.39 is 6.04 Å². The monoisotopic (exact) mass is 529 g/mol. The summed E-state index contributed by atoms with van der Waals surface area (Å²) in [5.74, 6) is 0.500. The van der Waals surface area contributed by atoms with Crippen LogP contribution in [0.3, 0.4) is 0 Å². The van der Waals surface area contributed by atoms with Crippen molar-refractivity contribution in [3.05, 3.63) is 141 Å². The fourth-order valence-electron chi connectivity index (χ4n) is 5.19. The zero-order valence-corrected chi connectivity index (χ0v) is 23.6. The molecule has 0 fully saturated rings. The number of hydrogen-bond acceptors (Lipinski definition) is 3. The molecule has 1 amide bonds. The Morgan fingerprint density at radius 3 is 2.25 bits per heavy atom. The Bertz CT molecular complexity index is 1710. The van der Waals surface area contributed by atoms with Crippen LogP contribution in [0.15, 0.2) is 102 Å². The smallest absolute Gasteiger partial charge is 0.266 e. The van der Waals surface area contributed by atoms with Crippen molar-refractivity contribution in [2.45, 2.75) is 46.6 Å². The van der Waals surface area contributed by atoms with Crippen LogP contribution in [0.1, 0.15) is 57.8 Å². The molecule has 0 N–H and O–H groups in total. The molecule has 5 heteroatoms. The molecule has 202 valence electrons. The van der Waals surface area contributed by atoms with Crippen molar-refractivity contribution in [2.24, 2.45) is 0 Å². The van der Waals surface area contributed by atoms with Crippen molar-refractivity contribution >= 4 is 16.8 Å². The first kappa shape index (κ1) is 27.1. The first-order chi connectivity index (χ1) is 19.4. The van der Waals surface area contributed by atoms with Gasteiger partial charge in [0.25, 0.3) is 11.5 Å². The van der Waals surface area contributed by atoms with Gasteiger partial charge in [-0.15, -0.1) is 0 Å². The Hall–Kier alpha value is -4.51. The largest absolute Gasteiger partial charge is 0.328 e. The van der Waals surface area contributed by atoms with Crippen LogP contribution < -0.4 is 5.56 Å². The van der Waals surface area contributed by atoms with Gasteiger partial charge in [-0.2, -0.15) is 0 Å². The van der Waals surface area contributed by atoms with Gasteiger partial charge in [-0.3, -0.25) is 14.2 Å². The Balaban J connectivity index is 1.69. The van der Waals surface area contributed by atoms with Crippen LogP contribution >= 0.6 is 0 Å². The minimum absolute atomic E-state index is 0.0724. The summed E-state index contributed by atoms with van der Waals surface area (Å²) in [4.78, 5) is 35.2. The molecule has 0 spiro atoms. The Labute approximate surface area is 235 Å². The maximum absolute atomic E-state index is 14.2. The van der Waals surface area contributed by atoms with Crippen LogP contribution in [-0.4, -0.2) is 26.9 Å². The minimum Gasteiger partial charge on any atom is -0.328 e. The summed E-state index contributed by atoms with van der Waals surface area (Å²) in [7, 11) is 0. The number of carbonyl (C=O) groups excluding carboxylic acids is 1. The number of fused-ring (bicyclic) bond motifs is 1. The zero-order valence-electron chi connectivity index (χ0n) is 23.6. The van der Waals surface area contributed by atoms with Crippen molar-refractivity contribution < 1.29 is 4.79 Å². The van der Waals surface area contributed by atoms with E-state index in [0.717, 1.165) is 27.9 Å². The number of amides is 1. The van der Waals surface area contributed by atoms with Gasteiger partial charge < -0.3 is 4.90 Å². The average molecular weight is 530 g/mol. The number of hydrogen-bond donors (Lipinski definition) is 0. The van der Waals surface area contributed by atoms with E-state index >= 15 is 0 Å². The van der Waals surface area contributed by atoms with Gasteiger partial charge in [0.1, 0.15) is 5.82 Å². The van der Waals surface area contributed by atoms with Gasteiger partial charge in [-0.25, -0.2) is 4.98 Å². The lowest BCUT2D eigenvalue weighted by Crippen LogP contribution is -2.39. The fraction of sp³-hybridized carbons (Fsp3) is 0.229. The van der Waals surface area contributed by atoms with Gasteiger partial charge in [0, 0.05) is 12.1 Å². The highest BCUT2D eigenvalue weighted by Gasteiger charge is 2.30. The normalized spacial score (nSPS) is 11.9. The number of para-hydroxylation sites is 1. The third-order valence-corrected chi connectivity index (χ3v) is 7.65. The summed E-state index contributed by atoms with van der Waals surface area (Å²) in [6, 6.07) is 30.9. The number of benzene rings is 4. The van der Waals surface area contributed by atoms with Gasteiger partial charge >= 0.3 is 0 Å². The number of aryl methyl sites for hydroxylation is 3. The molecule has 1 aromatic heterocycles. The van der Waals surface area contributed by atoms with E-state index in [-0.39, 0.29) is 11.5 Å². The summed E-state index contributed by atoms with van der Waals surface area (Å²) in [5.41, 5.74) is 6.37. The lowest BCUT2D eigenvalue weighted by molar-refractivity contribution is 0.0662. The molecule has 4 aromatic carbocycles. The summed E-state index contributed by atoms with van der Waals surface area (Å²) in [5, 5.41) is 0.556. The Morgan fingerprint density at radius 2 is 1.55 bits per heavy atom. The Morgan fingerprint density at radius 1 is 0.850 bits per heavy atom. The molecule has 5 rings (SSSR count). The molecule has 1 atom stereocenters. The highest BCUT2D eigenvalue weighted by Crippen LogP contribution is 2.28. The molecule has 5 nitrogen and oxygen atoms in total. The topological polar surface area (TPSA) is 55.2 Å².